The number of para-hydroxylation sites is 1. The first-order chi connectivity index (χ1) is 8.75. The van der Waals surface area contributed by atoms with Gasteiger partial charge in [-0.1, -0.05) is 18.2 Å². The maximum atomic E-state index is 11.0. The number of hydrogen-bond acceptors (Lipinski definition) is 3. The van der Waals surface area contributed by atoms with Crippen LogP contribution in [0.5, 0.6) is 0 Å². The van der Waals surface area contributed by atoms with Crippen molar-refractivity contribution in [3.63, 3.8) is 0 Å². The minimum absolute atomic E-state index is 0.00376. The fourth-order valence-electron chi connectivity index (χ4n) is 1.95. The lowest BCUT2D eigenvalue weighted by molar-refractivity contribution is -0.384. The minimum atomic E-state index is -0.423. The van der Waals surface area contributed by atoms with E-state index < -0.39 is 4.92 Å². The Labute approximate surface area is 102 Å². The van der Waals surface area contributed by atoms with Crippen molar-refractivity contribution in [1.82, 2.24) is 9.97 Å². The Kier molecular flexibility index (Phi) is 2.30. The first kappa shape index (κ1) is 10.5. The van der Waals surface area contributed by atoms with Crippen LogP contribution in [0.2, 0.25) is 0 Å². The van der Waals surface area contributed by atoms with Gasteiger partial charge in [0.1, 0.15) is 0 Å². The molecule has 0 atom stereocenters. The highest BCUT2D eigenvalue weighted by Crippen LogP contribution is 2.29. The third-order valence-electron chi connectivity index (χ3n) is 2.77. The molecule has 0 bridgehead atoms. The topological polar surface area (TPSA) is 71.8 Å². The van der Waals surface area contributed by atoms with Crippen LogP contribution in [0.25, 0.3) is 22.3 Å². The van der Waals surface area contributed by atoms with Gasteiger partial charge >= 0.3 is 0 Å². The highest BCUT2D eigenvalue weighted by molar-refractivity contribution is 5.86. The van der Waals surface area contributed by atoms with Crippen LogP contribution in [0.4, 0.5) is 5.69 Å². The molecule has 0 radical (unpaired) electrons. The number of nitro groups is 1. The summed E-state index contributed by atoms with van der Waals surface area (Å²) in [5.41, 5.74) is 1.96. The molecule has 0 aliphatic heterocycles. The van der Waals surface area contributed by atoms with Gasteiger partial charge in [-0.3, -0.25) is 10.1 Å². The lowest BCUT2D eigenvalue weighted by Crippen LogP contribution is -1.93. The molecule has 88 valence electrons. The lowest BCUT2D eigenvalue weighted by atomic mass is 10.2. The van der Waals surface area contributed by atoms with Crippen molar-refractivity contribution >= 4 is 16.6 Å². The lowest BCUT2D eigenvalue weighted by Gasteiger charge is -1.98. The molecule has 0 spiro atoms. The van der Waals surface area contributed by atoms with Gasteiger partial charge in [0.25, 0.3) is 5.69 Å². The zero-order valence-electron chi connectivity index (χ0n) is 9.33. The van der Waals surface area contributed by atoms with Gasteiger partial charge in [-0.15, -0.1) is 0 Å². The van der Waals surface area contributed by atoms with Crippen LogP contribution < -0.4 is 0 Å². The summed E-state index contributed by atoms with van der Waals surface area (Å²) in [6.07, 6.45) is 1.55. The van der Waals surface area contributed by atoms with Crippen molar-refractivity contribution in [1.29, 1.82) is 0 Å². The molecule has 0 saturated heterocycles. The number of aromatic nitrogens is 2. The summed E-state index contributed by atoms with van der Waals surface area (Å²) in [6.45, 7) is 0. The highest BCUT2D eigenvalue weighted by Gasteiger charge is 2.17. The number of nitrogens with one attached hydrogen (secondary N) is 1. The van der Waals surface area contributed by atoms with Gasteiger partial charge in [-0.25, -0.2) is 4.98 Å². The molecule has 3 rings (SSSR count). The van der Waals surface area contributed by atoms with Crippen molar-refractivity contribution < 1.29 is 4.92 Å². The number of H-pyrrole nitrogens is 1. The summed E-state index contributed by atoms with van der Waals surface area (Å²) in [7, 11) is 0. The molecule has 2 aromatic heterocycles. The Morgan fingerprint density at radius 1 is 1.17 bits per heavy atom. The van der Waals surface area contributed by atoms with E-state index in [2.05, 4.69) is 9.97 Å². The number of benzene rings is 1. The second-order valence-corrected chi connectivity index (χ2v) is 3.90. The molecular weight excluding hydrogens is 230 g/mol. The molecule has 2 heterocycles. The molecular formula is C13H9N3O2. The van der Waals surface area contributed by atoms with E-state index in [0.29, 0.717) is 11.4 Å². The smallest absolute Gasteiger partial charge is 0.297 e. The van der Waals surface area contributed by atoms with E-state index in [0.717, 1.165) is 10.9 Å². The van der Waals surface area contributed by atoms with E-state index in [9.17, 15) is 10.1 Å². The summed E-state index contributed by atoms with van der Waals surface area (Å²) >= 11 is 0. The average molecular weight is 239 g/mol. The predicted molar refractivity (Wildman–Crippen MR) is 68.2 cm³/mol. The van der Waals surface area contributed by atoms with Gasteiger partial charge in [0.15, 0.2) is 5.69 Å². The van der Waals surface area contributed by atoms with E-state index in [4.69, 9.17) is 0 Å². The summed E-state index contributed by atoms with van der Waals surface area (Å²) in [5, 5.41) is 12.0. The third-order valence-corrected chi connectivity index (χ3v) is 2.77. The summed E-state index contributed by atoms with van der Waals surface area (Å²) < 4.78 is 0. The Hall–Kier alpha value is -2.69. The van der Waals surface area contributed by atoms with Crippen LogP contribution in [0.3, 0.4) is 0 Å². The van der Waals surface area contributed by atoms with Gasteiger partial charge in [0.2, 0.25) is 0 Å². The molecule has 1 aromatic carbocycles. The Bertz CT molecular complexity index is 701. The Morgan fingerprint density at radius 3 is 2.78 bits per heavy atom. The Morgan fingerprint density at radius 2 is 2.00 bits per heavy atom. The first-order valence-corrected chi connectivity index (χ1v) is 5.43. The molecule has 5 heteroatoms. The minimum Gasteiger partial charge on any atom is -0.353 e. The van der Waals surface area contributed by atoms with Gasteiger partial charge in [-0.2, -0.15) is 0 Å². The maximum absolute atomic E-state index is 11.0. The first-order valence-electron chi connectivity index (χ1n) is 5.43. The standard InChI is InChI=1S/C13H9N3O2/c17-16(18)12-6-3-7-14-13(12)11-8-9-4-1-2-5-10(9)15-11/h1-8,15H. The summed E-state index contributed by atoms with van der Waals surface area (Å²) in [4.78, 5) is 17.8. The number of rotatable bonds is 2. The quantitative estimate of drug-likeness (QED) is 0.551. The van der Waals surface area contributed by atoms with Crippen LogP contribution in [0.1, 0.15) is 0 Å². The summed E-state index contributed by atoms with van der Waals surface area (Å²) in [6, 6.07) is 12.6. The van der Waals surface area contributed by atoms with Crippen LogP contribution in [0.15, 0.2) is 48.7 Å². The number of aromatic amines is 1. The normalized spacial score (nSPS) is 10.7. The molecule has 18 heavy (non-hydrogen) atoms. The summed E-state index contributed by atoms with van der Waals surface area (Å²) in [5.74, 6) is 0. The molecule has 0 amide bonds. The second-order valence-electron chi connectivity index (χ2n) is 3.90. The van der Waals surface area contributed by atoms with Crippen molar-refractivity contribution in [2.75, 3.05) is 0 Å². The van der Waals surface area contributed by atoms with E-state index in [1.165, 1.54) is 6.07 Å². The monoisotopic (exact) mass is 239 g/mol. The molecule has 0 saturated carbocycles. The van der Waals surface area contributed by atoms with Crippen molar-refractivity contribution in [2.45, 2.75) is 0 Å². The van der Waals surface area contributed by atoms with Crippen LogP contribution in [-0.4, -0.2) is 14.9 Å². The van der Waals surface area contributed by atoms with Crippen LogP contribution in [0, 0.1) is 10.1 Å². The number of hydrogen-bond donors (Lipinski definition) is 1. The fourth-order valence-corrected chi connectivity index (χ4v) is 1.95. The van der Waals surface area contributed by atoms with E-state index in [1.807, 2.05) is 30.3 Å². The molecule has 0 aliphatic carbocycles. The van der Waals surface area contributed by atoms with E-state index in [-0.39, 0.29) is 5.69 Å². The number of nitrogens with zero attached hydrogens (tertiary/aromatic N) is 2. The molecule has 0 aliphatic rings. The maximum Gasteiger partial charge on any atom is 0.297 e. The van der Waals surface area contributed by atoms with Crippen LogP contribution in [-0.2, 0) is 0 Å². The molecule has 0 fully saturated rings. The van der Waals surface area contributed by atoms with Gasteiger partial charge in [-0.05, 0) is 18.2 Å². The van der Waals surface area contributed by atoms with Crippen molar-refractivity contribution in [2.24, 2.45) is 0 Å². The molecule has 5 nitrogen and oxygen atoms in total. The zero-order valence-corrected chi connectivity index (χ0v) is 9.33. The molecule has 3 aromatic rings. The largest absolute Gasteiger partial charge is 0.353 e. The van der Waals surface area contributed by atoms with Gasteiger partial charge < -0.3 is 4.98 Å². The average Bonchev–Trinajstić information content (AvgIpc) is 2.82. The SMILES string of the molecule is O=[N+]([O-])c1cccnc1-c1cc2ccccc2[nH]1. The third kappa shape index (κ3) is 1.62. The predicted octanol–water partition coefficient (Wildman–Crippen LogP) is 3.14. The highest BCUT2D eigenvalue weighted by atomic mass is 16.6. The van der Waals surface area contributed by atoms with Gasteiger partial charge in [0.05, 0.1) is 10.6 Å². The molecule has 1 N–H and O–H groups in total. The zero-order chi connectivity index (χ0) is 12.5. The number of fused-ring (bicyclic) bond motifs is 1. The van der Waals surface area contributed by atoms with Crippen molar-refractivity contribution in [3.05, 3.63) is 58.8 Å². The fraction of sp³-hybridized carbons (Fsp3) is 0. The van der Waals surface area contributed by atoms with Crippen molar-refractivity contribution in [3.8, 4) is 11.4 Å². The number of pyridine rings is 1. The second kappa shape index (κ2) is 3.96. The van der Waals surface area contributed by atoms with E-state index >= 15 is 0 Å². The van der Waals surface area contributed by atoms with E-state index in [1.54, 1.807) is 12.3 Å². The van der Waals surface area contributed by atoms with Crippen LogP contribution >= 0.6 is 0 Å². The molecule has 0 unspecified atom stereocenters. The Balaban J connectivity index is 2.23. The van der Waals surface area contributed by atoms with Gasteiger partial charge in [0, 0.05) is 23.2 Å².